The lowest BCUT2D eigenvalue weighted by Crippen LogP contribution is -2.33. The van der Waals surface area contributed by atoms with Crippen molar-refractivity contribution in [3.05, 3.63) is 65.2 Å². The van der Waals surface area contributed by atoms with Crippen LogP contribution in [0.4, 0.5) is 0 Å². The van der Waals surface area contributed by atoms with E-state index in [4.69, 9.17) is 0 Å². The normalized spacial score (nSPS) is 25.4. The third-order valence-electron chi connectivity index (χ3n) is 6.43. The van der Waals surface area contributed by atoms with Crippen molar-refractivity contribution in [3.8, 4) is 5.75 Å². The van der Waals surface area contributed by atoms with E-state index < -0.39 is 11.7 Å². The second-order valence-corrected chi connectivity index (χ2v) is 8.58. The lowest BCUT2D eigenvalue weighted by molar-refractivity contribution is 0.0327. The third-order valence-corrected chi connectivity index (χ3v) is 6.43. The Bertz CT molecular complexity index is 774. The number of rotatable bonds is 5. The molecule has 0 amide bonds. The fraction of sp³-hybridized carbons (Fsp3) is 0.478. The van der Waals surface area contributed by atoms with Gasteiger partial charge in [-0.25, -0.2) is 0 Å². The highest BCUT2D eigenvalue weighted by atomic mass is 16.3. The van der Waals surface area contributed by atoms with Gasteiger partial charge in [0.05, 0.1) is 11.7 Å². The van der Waals surface area contributed by atoms with Gasteiger partial charge in [-0.2, -0.15) is 0 Å². The summed E-state index contributed by atoms with van der Waals surface area (Å²) in [5, 5.41) is 31.0. The zero-order chi connectivity index (χ0) is 19.0. The lowest BCUT2D eigenvalue weighted by Gasteiger charge is -2.27. The summed E-state index contributed by atoms with van der Waals surface area (Å²) < 4.78 is 0. The van der Waals surface area contributed by atoms with Crippen molar-refractivity contribution in [2.24, 2.45) is 11.8 Å². The van der Waals surface area contributed by atoms with Crippen molar-refractivity contribution in [2.75, 3.05) is 19.6 Å². The summed E-state index contributed by atoms with van der Waals surface area (Å²) in [7, 11) is 0. The van der Waals surface area contributed by atoms with Crippen LogP contribution in [0, 0.1) is 18.8 Å². The number of hydrogen-bond acceptors (Lipinski definition) is 4. The molecule has 1 saturated heterocycles. The number of likely N-dealkylation sites (tertiary alicyclic amines) is 1. The first kappa shape index (κ1) is 18.5. The van der Waals surface area contributed by atoms with E-state index in [0.29, 0.717) is 18.4 Å². The number of aromatic hydroxyl groups is 1. The van der Waals surface area contributed by atoms with Crippen LogP contribution in [0.1, 0.15) is 35.6 Å². The van der Waals surface area contributed by atoms with Crippen molar-refractivity contribution >= 4 is 0 Å². The molecule has 0 radical (unpaired) electrons. The van der Waals surface area contributed by atoms with Gasteiger partial charge in [0.2, 0.25) is 0 Å². The number of hydrogen-bond donors (Lipinski definition) is 3. The minimum atomic E-state index is -0.594. The number of fused-ring (bicyclic) bond motifs is 1. The molecule has 2 aromatic rings. The maximum Gasteiger partial charge on any atom is 0.115 e. The molecule has 2 fully saturated rings. The van der Waals surface area contributed by atoms with Gasteiger partial charge in [-0.15, -0.1) is 0 Å². The molecule has 0 unspecified atom stereocenters. The Morgan fingerprint density at radius 2 is 1.67 bits per heavy atom. The van der Waals surface area contributed by atoms with Crippen LogP contribution in [0.5, 0.6) is 5.75 Å². The Labute approximate surface area is 161 Å². The number of nitrogens with zero attached hydrogens (tertiary/aromatic N) is 1. The Hall–Kier alpha value is -1.88. The van der Waals surface area contributed by atoms with Crippen molar-refractivity contribution in [1.82, 2.24) is 4.90 Å². The highest BCUT2D eigenvalue weighted by molar-refractivity contribution is 5.28. The topological polar surface area (TPSA) is 63.9 Å². The molecular weight excluding hydrogens is 338 g/mol. The van der Waals surface area contributed by atoms with Crippen LogP contribution in [0.25, 0.3) is 0 Å². The molecule has 1 aliphatic carbocycles. The quantitative estimate of drug-likeness (QED) is 0.760. The average Bonchev–Trinajstić information content (AvgIpc) is 3.11. The Kier molecular flexibility index (Phi) is 4.97. The van der Waals surface area contributed by atoms with Crippen LogP contribution >= 0.6 is 0 Å². The summed E-state index contributed by atoms with van der Waals surface area (Å²) >= 11 is 0. The Morgan fingerprint density at radius 1 is 1.04 bits per heavy atom. The van der Waals surface area contributed by atoms with Gasteiger partial charge in [0.15, 0.2) is 0 Å². The summed E-state index contributed by atoms with van der Waals surface area (Å²) in [5.74, 6) is 1.23. The summed E-state index contributed by atoms with van der Waals surface area (Å²) in [6, 6.07) is 15.1. The van der Waals surface area contributed by atoms with E-state index in [0.717, 1.165) is 37.9 Å². The van der Waals surface area contributed by atoms with Crippen molar-refractivity contribution < 1.29 is 15.3 Å². The molecule has 27 heavy (non-hydrogen) atoms. The minimum absolute atomic E-state index is 0.217. The second-order valence-electron chi connectivity index (χ2n) is 8.58. The van der Waals surface area contributed by atoms with E-state index in [9.17, 15) is 15.3 Å². The fourth-order valence-electron chi connectivity index (χ4n) is 5.06. The molecule has 0 bridgehead atoms. The summed E-state index contributed by atoms with van der Waals surface area (Å²) in [4.78, 5) is 2.32. The van der Waals surface area contributed by atoms with E-state index in [1.54, 1.807) is 24.3 Å². The maximum absolute atomic E-state index is 11.2. The van der Waals surface area contributed by atoms with Gasteiger partial charge in [0.1, 0.15) is 5.75 Å². The number of aliphatic hydroxyl groups excluding tert-OH is 1. The van der Waals surface area contributed by atoms with Crippen molar-refractivity contribution in [3.63, 3.8) is 0 Å². The van der Waals surface area contributed by atoms with Crippen molar-refractivity contribution in [2.45, 2.75) is 37.9 Å². The van der Waals surface area contributed by atoms with Gasteiger partial charge in [0.25, 0.3) is 0 Å². The zero-order valence-electron chi connectivity index (χ0n) is 15.9. The molecule has 1 heterocycles. The monoisotopic (exact) mass is 367 g/mol. The SMILES string of the molecule is Cc1ccccc1CC1(O)C[C@H]2CN(C[C@H](O)c3ccc(O)cc3)C[C@@H]2C1. The second kappa shape index (κ2) is 7.27. The van der Waals surface area contributed by atoms with Gasteiger partial charge in [-0.1, -0.05) is 36.4 Å². The molecule has 3 atom stereocenters. The van der Waals surface area contributed by atoms with Gasteiger partial charge < -0.3 is 15.3 Å². The first-order chi connectivity index (χ1) is 12.9. The number of phenols is 1. The molecule has 3 N–H and O–H groups in total. The van der Waals surface area contributed by atoms with Crippen molar-refractivity contribution in [1.29, 1.82) is 0 Å². The van der Waals surface area contributed by atoms with Crippen LogP contribution in [-0.4, -0.2) is 45.5 Å². The third kappa shape index (κ3) is 4.03. The Balaban J connectivity index is 1.34. The van der Waals surface area contributed by atoms with E-state index in [1.165, 1.54) is 11.1 Å². The molecule has 2 aromatic carbocycles. The predicted molar refractivity (Wildman–Crippen MR) is 106 cm³/mol. The number of benzene rings is 2. The number of aliphatic hydroxyl groups is 2. The average molecular weight is 367 g/mol. The Morgan fingerprint density at radius 3 is 2.30 bits per heavy atom. The lowest BCUT2D eigenvalue weighted by atomic mass is 9.89. The van der Waals surface area contributed by atoms with Crippen LogP contribution in [0.3, 0.4) is 0 Å². The summed E-state index contributed by atoms with van der Waals surface area (Å²) in [5.41, 5.74) is 2.74. The number of aryl methyl sites for hydroxylation is 1. The molecule has 144 valence electrons. The zero-order valence-corrected chi connectivity index (χ0v) is 15.9. The first-order valence-electron chi connectivity index (χ1n) is 9.88. The van der Waals surface area contributed by atoms with Gasteiger partial charge >= 0.3 is 0 Å². The van der Waals surface area contributed by atoms with Crippen LogP contribution in [0.2, 0.25) is 0 Å². The first-order valence-corrected chi connectivity index (χ1v) is 9.88. The molecule has 4 heteroatoms. The summed E-state index contributed by atoms with van der Waals surface area (Å²) in [6.45, 7) is 4.60. The number of β-amino-alcohol motifs (C(OH)–C–C–N with tert-alkyl or cyclic N) is 1. The van der Waals surface area contributed by atoms with E-state index in [2.05, 4.69) is 24.0 Å². The highest BCUT2D eigenvalue weighted by Crippen LogP contribution is 2.45. The minimum Gasteiger partial charge on any atom is -0.508 e. The molecule has 2 aliphatic rings. The smallest absolute Gasteiger partial charge is 0.115 e. The highest BCUT2D eigenvalue weighted by Gasteiger charge is 2.48. The molecule has 1 aliphatic heterocycles. The van der Waals surface area contributed by atoms with Crippen LogP contribution in [-0.2, 0) is 6.42 Å². The maximum atomic E-state index is 11.2. The van der Waals surface area contributed by atoms with E-state index >= 15 is 0 Å². The molecular formula is C23H29NO3. The molecule has 1 saturated carbocycles. The van der Waals surface area contributed by atoms with E-state index in [-0.39, 0.29) is 5.75 Å². The summed E-state index contributed by atoms with van der Waals surface area (Å²) in [6.07, 6.45) is 1.88. The van der Waals surface area contributed by atoms with Crippen LogP contribution < -0.4 is 0 Å². The molecule has 4 nitrogen and oxygen atoms in total. The predicted octanol–water partition coefficient (Wildman–Crippen LogP) is 3.05. The van der Waals surface area contributed by atoms with Gasteiger partial charge in [0, 0.05) is 26.1 Å². The molecule has 4 rings (SSSR count). The van der Waals surface area contributed by atoms with Gasteiger partial charge in [-0.05, 0) is 60.4 Å². The van der Waals surface area contributed by atoms with E-state index in [1.807, 2.05) is 12.1 Å². The number of phenolic OH excluding ortho intramolecular Hbond substituents is 1. The standard InChI is InChI=1S/C23H29NO3/c1-16-4-2-3-5-18(16)10-23(27)11-19-13-24(14-20(19)12-23)15-22(26)17-6-8-21(25)9-7-17/h2-9,19-20,22,25-27H,10-15H2,1H3/t19-,20-,22-/m0/s1. The fourth-order valence-corrected chi connectivity index (χ4v) is 5.06. The van der Waals surface area contributed by atoms with Gasteiger partial charge in [-0.3, -0.25) is 4.90 Å². The largest absolute Gasteiger partial charge is 0.508 e. The molecule has 0 spiro atoms. The molecule has 0 aromatic heterocycles. The van der Waals surface area contributed by atoms with Crippen LogP contribution in [0.15, 0.2) is 48.5 Å².